The first-order valence-corrected chi connectivity index (χ1v) is 15.7. The summed E-state index contributed by atoms with van der Waals surface area (Å²) >= 11 is -2.15. The molecule has 0 N–H and O–H groups in total. The van der Waals surface area contributed by atoms with Gasteiger partial charge in [0.25, 0.3) is 0 Å². The predicted molar refractivity (Wildman–Crippen MR) is 89.8 cm³/mol. The predicted octanol–water partition coefficient (Wildman–Crippen LogP) is 5.54. The molecule has 0 bridgehead atoms. The third kappa shape index (κ3) is 5.49. The maximum absolute atomic E-state index is 3.63. The number of benzene rings is 1. The van der Waals surface area contributed by atoms with E-state index in [1.54, 1.807) is 16.9 Å². The Bertz CT molecular complexity index is 296. The van der Waals surface area contributed by atoms with Gasteiger partial charge in [-0.1, -0.05) is 0 Å². The van der Waals surface area contributed by atoms with Crippen molar-refractivity contribution < 1.29 is 0 Å². The minimum absolute atomic E-state index is 1.35. The van der Waals surface area contributed by atoms with E-state index < -0.39 is 18.4 Å². The molecule has 0 amide bonds. The van der Waals surface area contributed by atoms with Crippen molar-refractivity contribution in [3.63, 3.8) is 0 Å². The van der Waals surface area contributed by atoms with Gasteiger partial charge in [-0.2, -0.15) is 0 Å². The van der Waals surface area contributed by atoms with Crippen LogP contribution >= 0.6 is 0 Å². The Hall–Kier alpha value is 0.0187. The van der Waals surface area contributed by atoms with Crippen molar-refractivity contribution >= 4 is 22.0 Å². The van der Waals surface area contributed by atoms with Gasteiger partial charge in [0.15, 0.2) is 0 Å². The fraction of sp³-hybridized carbons (Fsp3) is 0.667. The van der Waals surface area contributed by atoms with Gasteiger partial charge in [-0.05, 0) is 0 Å². The van der Waals surface area contributed by atoms with Gasteiger partial charge in [0.1, 0.15) is 0 Å². The van der Waals surface area contributed by atoms with Crippen LogP contribution in [-0.2, 0) is 0 Å². The molecular formula is C18H31Sn. The summed E-state index contributed by atoms with van der Waals surface area (Å²) in [4.78, 5) is 0. The van der Waals surface area contributed by atoms with E-state index >= 15 is 0 Å². The second kappa shape index (κ2) is 9.85. The molecule has 0 nitrogen and oxygen atoms in total. The van der Waals surface area contributed by atoms with Crippen molar-refractivity contribution in [1.82, 2.24) is 0 Å². The van der Waals surface area contributed by atoms with Crippen LogP contribution in [0.1, 0.15) is 59.3 Å². The third-order valence-corrected chi connectivity index (χ3v) is 19.7. The molecule has 0 aromatic heterocycles. The number of unbranched alkanes of at least 4 members (excludes halogenated alkanes) is 3. The summed E-state index contributed by atoms with van der Waals surface area (Å²) in [5.41, 5.74) is 0. The fourth-order valence-corrected chi connectivity index (χ4v) is 18.7. The summed E-state index contributed by atoms with van der Waals surface area (Å²) in [7, 11) is 0. The average molecular weight is 366 g/mol. The number of hydrogen-bond donors (Lipinski definition) is 0. The Morgan fingerprint density at radius 2 is 1.37 bits per heavy atom. The first kappa shape index (κ1) is 17.1. The van der Waals surface area contributed by atoms with E-state index in [0.29, 0.717) is 0 Å². The molecule has 0 aliphatic rings. The zero-order chi connectivity index (χ0) is 14.0. The van der Waals surface area contributed by atoms with Crippen LogP contribution in [0.25, 0.3) is 0 Å². The Labute approximate surface area is 124 Å². The van der Waals surface area contributed by atoms with Gasteiger partial charge in [-0.15, -0.1) is 0 Å². The van der Waals surface area contributed by atoms with E-state index in [0.717, 1.165) is 0 Å². The molecule has 0 atom stereocenters. The Kier molecular flexibility index (Phi) is 8.85. The molecule has 107 valence electrons. The molecule has 0 spiro atoms. The molecule has 0 aliphatic heterocycles. The van der Waals surface area contributed by atoms with E-state index in [2.05, 4.69) is 51.1 Å². The second-order valence-corrected chi connectivity index (χ2v) is 19.0. The molecule has 1 aromatic carbocycles. The fourth-order valence-electron chi connectivity index (χ4n) is 3.05. The van der Waals surface area contributed by atoms with Crippen LogP contribution < -0.4 is 3.58 Å². The minimum atomic E-state index is -2.15. The summed E-state index contributed by atoms with van der Waals surface area (Å²) < 4.78 is 6.32. The van der Waals surface area contributed by atoms with Crippen LogP contribution in [-0.4, -0.2) is 18.4 Å². The Balaban J connectivity index is 2.94. The standard InChI is InChI=1S/C6H4.3C4H9.Sn/c1-2-4-6-5-3-1;3*1-3-4-2;/h1-4H;3*1,3-4H2,2H3;. The summed E-state index contributed by atoms with van der Waals surface area (Å²) in [6, 6.07) is 12.5. The monoisotopic (exact) mass is 367 g/mol. The van der Waals surface area contributed by atoms with Crippen LogP contribution in [0.3, 0.4) is 0 Å². The Morgan fingerprint density at radius 1 is 0.842 bits per heavy atom. The van der Waals surface area contributed by atoms with Gasteiger partial charge < -0.3 is 0 Å². The van der Waals surface area contributed by atoms with E-state index in [1.165, 1.54) is 38.5 Å². The topological polar surface area (TPSA) is 0 Å². The average Bonchev–Trinajstić information content (AvgIpc) is 2.48. The third-order valence-electron chi connectivity index (χ3n) is 4.31. The van der Waals surface area contributed by atoms with Gasteiger partial charge in [0.05, 0.1) is 0 Å². The molecule has 0 heterocycles. The molecule has 19 heavy (non-hydrogen) atoms. The summed E-state index contributed by atoms with van der Waals surface area (Å²) in [5, 5.41) is 0. The van der Waals surface area contributed by atoms with Crippen LogP contribution in [0.15, 0.2) is 24.3 Å². The van der Waals surface area contributed by atoms with Crippen molar-refractivity contribution in [3.05, 3.63) is 30.3 Å². The van der Waals surface area contributed by atoms with E-state index in [1.807, 2.05) is 0 Å². The maximum atomic E-state index is 3.63. The molecule has 1 rings (SSSR count). The van der Waals surface area contributed by atoms with Crippen molar-refractivity contribution in [2.45, 2.75) is 72.6 Å². The van der Waals surface area contributed by atoms with Gasteiger partial charge in [-0.25, -0.2) is 0 Å². The molecular weight excluding hydrogens is 335 g/mol. The van der Waals surface area contributed by atoms with Crippen LogP contribution in [0.4, 0.5) is 0 Å². The van der Waals surface area contributed by atoms with Crippen LogP contribution in [0.5, 0.6) is 0 Å². The van der Waals surface area contributed by atoms with Gasteiger partial charge in [0, 0.05) is 0 Å². The van der Waals surface area contributed by atoms with Crippen molar-refractivity contribution in [3.8, 4) is 0 Å². The molecule has 1 heteroatoms. The van der Waals surface area contributed by atoms with Crippen molar-refractivity contribution in [2.75, 3.05) is 0 Å². The summed E-state index contributed by atoms with van der Waals surface area (Å²) in [5.74, 6) is 0. The van der Waals surface area contributed by atoms with Gasteiger partial charge in [0.2, 0.25) is 0 Å². The molecule has 0 fully saturated rings. The van der Waals surface area contributed by atoms with Crippen molar-refractivity contribution in [2.24, 2.45) is 0 Å². The van der Waals surface area contributed by atoms with Crippen LogP contribution in [0, 0.1) is 6.07 Å². The SMILES string of the molecule is CCC[CH2][Sn]([CH2]CCC)([CH2]CCC)[c]1[c]cccc1. The number of hydrogen-bond acceptors (Lipinski definition) is 0. The molecule has 1 radical (unpaired) electrons. The van der Waals surface area contributed by atoms with Crippen molar-refractivity contribution in [1.29, 1.82) is 0 Å². The summed E-state index contributed by atoms with van der Waals surface area (Å²) in [6.45, 7) is 7.01. The zero-order valence-corrected chi connectivity index (χ0v) is 16.0. The van der Waals surface area contributed by atoms with E-state index in [-0.39, 0.29) is 0 Å². The van der Waals surface area contributed by atoms with Crippen LogP contribution in [0.2, 0.25) is 13.3 Å². The Morgan fingerprint density at radius 3 is 1.74 bits per heavy atom. The van der Waals surface area contributed by atoms with Gasteiger partial charge in [-0.3, -0.25) is 0 Å². The number of rotatable bonds is 10. The summed E-state index contributed by atoms with van der Waals surface area (Å²) in [6.07, 6.45) is 8.36. The first-order valence-electron chi connectivity index (χ1n) is 8.26. The quantitative estimate of drug-likeness (QED) is 0.477. The normalized spacial score (nSPS) is 11.7. The van der Waals surface area contributed by atoms with E-state index in [4.69, 9.17) is 0 Å². The molecule has 1 aromatic rings. The first-order chi connectivity index (χ1) is 9.29. The van der Waals surface area contributed by atoms with E-state index in [9.17, 15) is 0 Å². The second-order valence-electron chi connectivity index (χ2n) is 5.87. The molecule has 0 aliphatic carbocycles. The molecule has 0 unspecified atom stereocenters. The van der Waals surface area contributed by atoms with Gasteiger partial charge >= 0.3 is 125 Å². The molecule has 0 saturated heterocycles. The molecule has 0 saturated carbocycles. The zero-order valence-electron chi connectivity index (χ0n) is 13.2.